The third kappa shape index (κ3) is 1.99. The summed E-state index contributed by atoms with van der Waals surface area (Å²) in [6.45, 7) is 4.28. The first-order valence-electron chi connectivity index (χ1n) is 5.43. The van der Waals surface area contributed by atoms with Gasteiger partial charge < -0.3 is 5.32 Å². The molecule has 1 heterocycles. The standard InChI is InChI=1S/C13H17N3/c1-13(2,14-3)11-9-15-16(10-11)12-7-5-4-6-8-12/h4-10,14H,1-3H3. The molecule has 0 spiro atoms. The molecular weight excluding hydrogens is 198 g/mol. The summed E-state index contributed by atoms with van der Waals surface area (Å²) in [4.78, 5) is 0. The summed E-state index contributed by atoms with van der Waals surface area (Å²) in [6, 6.07) is 10.1. The van der Waals surface area contributed by atoms with Crippen LogP contribution >= 0.6 is 0 Å². The molecule has 0 aliphatic rings. The molecule has 2 aromatic rings. The Bertz CT molecular complexity index is 457. The van der Waals surface area contributed by atoms with Crippen molar-refractivity contribution in [3.63, 3.8) is 0 Å². The van der Waals surface area contributed by atoms with E-state index in [1.54, 1.807) is 0 Å². The Morgan fingerprint density at radius 2 is 1.88 bits per heavy atom. The van der Waals surface area contributed by atoms with Gasteiger partial charge in [-0.2, -0.15) is 5.10 Å². The Balaban J connectivity index is 2.34. The predicted octanol–water partition coefficient (Wildman–Crippen LogP) is 2.33. The van der Waals surface area contributed by atoms with Gasteiger partial charge in [-0.15, -0.1) is 0 Å². The van der Waals surface area contributed by atoms with Gasteiger partial charge in [-0.05, 0) is 33.0 Å². The van der Waals surface area contributed by atoms with Gasteiger partial charge in [0.25, 0.3) is 0 Å². The van der Waals surface area contributed by atoms with Gasteiger partial charge in [0.05, 0.1) is 11.9 Å². The SMILES string of the molecule is CNC(C)(C)c1cnn(-c2ccccc2)c1. The summed E-state index contributed by atoms with van der Waals surface area (Å²) in [5, 5.41) is 7.65. The van der Waals surface area contributed by atoms with Crippen molar-refractivity contribution in [1.82, 2.24) is 15.1 Å². The minimum Gasteiger partial charge on any atom is -0.311 e. The van der Waals surface area contributed by atoms with Crippen molar-refractivity contribution in [3.8, 4) is 5.69 Å². The average Bonchev–Trinajstić information content (AvgIpc) is 2.80. The molecule has 3 nitrogen and oxygen atoms in total. The Morgan fingerprint density at radius 3 is 2.50 bits per heavy atom. The number of hydrogen-bond acceptors (Lipinski definition) is 2. The van der Waals surface area contributed by atoms with Crippen LogP contribution in [0, 0.1) is 0 Å². The highest BCUT2D eigenvalue weighted by Crippen LogP contribution is 2.19. The first kappa shape index (κ1) is 10.9. The summed E-state index contributed by atoms with van der Waals surface area (Å²) in [5.74, 6) is 0. The average molecular weight is 215 g/mol. The topological polar surface area (TPSA) is 29.9 Å². The second-order valence-corrected chi connectivity index (χ2v) is 4.38. The fraction of sp³-hybridized carbons (Fsp3) is 0.308. The number of nitrogens with zero attached hydrogens (tertiary/aromatic N) is 2. The van der Waals surface area contributed by atoms with Gasteiger partial charge in [0.1, 0.15) is 0 Å². The van der Waals surface area contributed by atoms with Crippen LogP contribution in [0.15, 0.2) is 42.7 Å². The van der Waals surface area contributed by atoms with Crippen molar-refractivity contribution in [2.45, 2.75) is 19.4 Å². The molecule has 0 radical (unpaired) electrons. The zero-order valence-electron chi connectivity index (χ0n) is 9.94. The zero-order valence-corrected chi connectivity index (χ0v) is 9.94. The lowest BCUT2D eigenvalue weighted by Crippen LogP contribution is -2.32. The molecular formula is C13H17N3. The van der Waals surface area contributed by atoms with Crippen molar-refractivity contribution >= 4 is 0 Å². The summed E-state index contributed by atoms with van der Waals surface area (Å²) < 4.78 is 1.90. The van der Waals surface area contributed by atoms with Crippen LogP contribution in [-0.2, 0) is 5.54 Å². The normalized spacial score (nSPS) is 11.7. The third-order valence-corrected chi connectivity index (χ3v) is 2.95. The Morgan fingerprint density at radius 1 is 1.19 bits per heavy atom. The van der Waals surface area contributed by atoms with Gasteiger partial charge in [-0.1, -0.05) is 18.2 Å². The van der Waals surface area contributed by atoms with E-state index in [0.29, 0.717) is 0 Å². The molecule has 0 atom stereocenters. The number of hydrogen-bond donors (Lipinski definition) is 1. The van der Waals surface area contributed by atoms with Gasteiger partial charge >= 0.3 is 0 Å². The van der Waals surface area contributed by atoms with E-state index < -0.39 is 0 Å². The first-order chi connectivity index (χ1) is 7.63. The van der Waals surface area contributed by atoms with Crippen LogP contribution in [0.25, 0.3) is 5.69 Å². The predicted molar refractivity (Wildman–Crippen MR) is 65.6 cm³/mol. The van der Waals surface area contributed by atoms with Crippen LogP contribution in [0.1, 0.15) is 19.4 Å². The highest BCUT2D eigenvalue weighted by Gasteiger charge is 2.19. The van der Waals surface area contributed by atoms with E-state index in [2.05, 4.69) is 30.5 Å². The number of para-hydroxylation sites is 1. The molecule has 0 fully saturated rings. The third-order valence-electron chi connectivity index (χ3n) is 2.95. The first-order valence-corrected chi connectivity index (χ1v) is 5.43. The lowest BCUT2D eigenvalue weighted by molar-refractivity contribution is 0.444. The fourth-order valence-corrected chi connectivity index (χ4v) is 1.51. The Kier molecular flexibility index (Phi) is 2.79. The molecule has 0 unspecified atom stereocenters. The highest BCUT2D eigenvalue weighted by molar-refractivity contribution is 5.32. The molecule has 1 N–H and O–H groups in total. The zero-order chi connectivity index (χ0) is 11.6. The lowest BCUT2D eigenvalue weighted by atomic mass is 9.98. The molecule has 0 aliphatic heterocycles. The van der Waals surface area contributed by atoms with Gasteiger partial charge in [-0.25, -0.2) is 4.68 Å². The minimum atomic E-state index is -0.0486. The van der Waals surface area contributed by atoms with Gasteiger partial charge in [-0.3, -0.25) is 0 Å². The maximum atomic E-state index is 4.38. The van der Waals surface area contributed by atoms with Crippen molar-refractivity contribution in [2.75, 3.05) is 7.05 Å². The summed E-state index contributed by atoms with van der Waals surface area (Å²) in [5.41, 5.74) is 2.21. The Hall–Kier alpha value is -1.61. The van der Waals surface area contributed by atoms with E-state index in [1.807, 2.05) is 48.3 Å². The van der Waals surface area contributed by atoms with Gasteiger partial charge in [0.15, 0.2) is 0 Å². The van der Waals surface area contributed by atoms with Crippen molar-refractivity contribution < 1.29 is 0 Å². The summed E-state index contributed by atoms with van der Waals surface area (Å²) in [7, 11) is 1.96. The second-order valence-electron chi connectivity index (χ2n) is 4.38. The molecule has 1 aromatic carbocycles. The highest BCUT2D eigenvalue weighted by atomic mass is 15.3. The number of rotatable bonds is 3. The van der Waals surface area contributed by atoms with Crippen molar-refractivity contribution in [3.05, 3.63) is 48.3 Å². The van der Waals surface area contributed by atoms with E-state index in [4.69, 9.17) is 0 Å². The molecule has 2 rings (SSSR count). The molecule has 0 saturated carbocycles. The molecule has 0 saturated heterocycles. The van der Waals surface area contributed by atoms with Crippen LogP contribution in [0.4, 0.5) is 0 Å². The monoisotopic (exact) mass is 215 g/mol. The molecule has 16 heavy (non-hydrogen) atoms. The second kappa shape index (κ2) is 4.10. The maximum absolute atomic E-state index is 4.38. The van der Waals surface area contributed by atoms with Gasteiger partial charge in [0, 0.05) is 17.3 Å². The largest absolute Gasteiger partial charge is 0.311 e. The quantitative estimate of drug-likeness (QED) is 0.851. The molecule has 0 aliphatic carbocycles. The molecule has 1 aromatic heterocycles. The molecule has 0 bridgehead atoms. The van der Waals surface area contributed by atoms with Crippen molar-refractivity contribution in [2.24, 2.45) is 0 Å². The Labute approximate surface area is 96.1 Å². The van der Waals surface area contributed by atoms with Crippen LogP contribution in [0.2, 0.25) is 0 Å². The van der Waals surface area contributed by atoms with E-state index in [0.717, 1.165) is 5.69 Å². The van der Waals surface area contributed by atoms with Crippen molar-refractivity contribution in [1.29, 1.82) is 0 Å². The molecule has 84 valence electrons. The smallest absolute Gasteiger partial charge is 0.0645 e. The number of benzene rings is 1. The maximum Gasteiger partial charge on any atom is 0.0645 e. The minimum absolute atomic E-state index is 0.0486. The van der Waals surface area contributed by atoms with Crippen LogP contribution in [-0.4, -0.2) is 16.8 Å². The number of aromatic nitrogens is 2. The van der Waals surface area contributed by atoms with Crippen LogP contribution in [0.3, 0.4) is 0 Å². The van der Waals surface area contributed by atoms with Crippen LogP contribution < -0.4 is 5.32 Å². The van der Waals surface area contributed by atoms with E-state index in [1.165, 1.54) is 5.56 Å². The lowest BCUT2D eigenvalue weighted by Gasteiger charge is -2.21. The summed E-state index contributed by atoms with van der Waals surface area (Å²) in [6.07, 6.45) is 3.97. The molecule has 3 heteroatoms. The van der Waals surface area contributed by atoms with E-state index >= 15 is 0 Å². The summed E-state index contributed by atoms with van der Waals surface area (Å²) >= 11 is 0. The number of nitrogens with one attached hydrogen (secondary N) is 1. The van der Waals surface area contributed by atoms with Gasteiger partial charge in [0.2, 0.25) is 0 Å². The fourth-order valence-electron chi connectivity index (χ4n) is 1.51. The van der Waals surface area contributed by atoms with E-state index in [9.17, 15) is 0 Å². The van der Waals surface area contributed by atoms with E-state index in [-0.39, 0.29) is 5.54 Å². The van der Waals surface area contributed by atoms with Crippen LogP contribution in [0.5, 0.6) is 0 Å². The molecule has 0 amide bonds.